The van der Waals surface area contributed by atoms with Gasteiger partial charge in [-0.25, -0.2) is 0 Å². The third-order valence-electron chi connectivity index (χ3n) is 2.21. The van der Waals surface area contributed by atoms with Gasteiger partial charge in [0.2, 0.25) is 0 Å². The molecule has 0 radical (unpaired) electrons. The van der Waals surface area contributed by atoms with Crippen LogP contribution in [-0.4, -0.2) is 37.2 Å². The second-order valence-corrected chi connectivity index (χ2v) is 3.36. The summed E-state index contributed by atoms with van der Waals surface area (Å²) in [5.74, 6) is 0.178. The molecule has 2 rings (SSSR count). The highest BCUT2D eigenvalue weighted by atomic mass is 16.7. The van der Waals surface area contributed by atoms with Gasteiger partial charge in [0.05, 0.1) is 5.92 Å². The minimum atomic E-state index is -0.0306. The Bertz CT molecular complexity index is 174. The van der Waals surface area contributed by atoms with Crippen LogP contribution in [0.25, 0.3) is 0 Å². The monoisotopic (exact) mass is 170 g/mol. The van der Waals surface area contributed by atoms with Crippen LogP contribution in [0.4, 0.5) is 0 Å². The number of rotatable bonds is 2. The Morgan fingerprint density at radius 1 is 1.33 bits per heavy atom. The maximum absolute atomic E-state index is 11.2. The SMILES string of the molecule is O=C(ON1CCNCC1)C1CC1. The first-order chi connectivity index (χ1) is 5.86. The fraction of sp³-hybridized carbons (Fsp3) is 0.875. The van der Waals surface area contributed by atoms with Crippen LogP contribution in [0.5, 0.6) is 0 Å². The molecule has 2 aliphatic rings. The van der Waals surface area contributed by atoms with Gasteiger partial charge < -0.3 is 10.2 Å². The van der Waals surface area contributed by atoms with Crippen molar-refractivity contribution in [3.8, 4) is 0 Å². The van der Waals surface area contributed by atoms with Crippen molar-refractivity contribution in [1.82, 2.24) is 10.4 Å². The molecular weight excluding hydrogens is 156 g/mol. The first-order valence-corrected chi connectivity index (χ1v) is 4.54. The lowest BCUT2D eigenvalue weighted by Gasteiger charge is -2.25. The zero-order chi connectivity index (χ0) is 8.39. The van der Waals surface area contributed by atoms with Crippen molar-refractivity contribution in [2.45, 2.75) is 12.8 Å². The van der Waals surface area contributed by atoms with Gasteiger partial charge in [0.1, 0.15) is 0 Å². The molecule has 0 aromatic rings. The highest BCUT2D eigenvalue weighted by molar-refractivity contribution is 5.74. The molecular formula is C8H14N2O2. The molecule has 0 amide bonds. The molecule has 0 spiro atoms. The zero-order valence-corrected chi connectivity index (χ0v) is 7.08. The lowest BCUT2D eigenvalue weighted by Crippen LogP contribution is -2.44. The van der Waals surface area contributed by atoms with Gasteiger partial charge in [0.15, 0.2) is 0 Å². The maximum Gasteiger partial charge on any atom is 0.328 e. The topological polar surface area (TPSA) is 41.6 Å². The molecule has 1 N–H and O–H groups in total. The molecule has 0 bridgehead atoms. The summed E-state index contributed by atoms with van der Waals surface area (Å²) in [6, 6.07) is 0. The van der Waals surface area contributed by atoms with Crippen molar-refractivity contribution >= 4 is 5.97 Å². The summed E-state index contributed by atoms with van der Waals surface area (Å²) in [6.45, 7) is 3.47. The Morgan fingerprint density at radius 3 is 2.58 bits per heavy atom. The predicted octanol–water partition coefficient (Wildman–Crippen LogP) is -0.240. The molecule has 0 atom stereocenters. The van der Waals surface area contributed by atoms with Crippen molar-refractivity contribution in [3.63, 3.8) is 0 Å². The van der Waals surface area contributed by atoms with E-state index in [0.29, 0.717) is 0 Å². The second kappa shape index (κ2) is 3.41. The first kappa shape index (κ1) is 8.01. The number of hydrogen-bond acceptors (Lipinski definition) is 4. The van der Waals surface area contributed by atoms with Crippen molar-refractivity contribution < 1.29 is 9.63 Å². The lowest BCUT2D eigenvalue weighted by atomic mass is 10.4. The standard InChI is InChI=1S/C8H14N2O2/c11-8(7-1-2-7)12-10-5-3-9-4-6-10/h7,9H,1-6H2. The van der Waals surface area contributed by atoms with Crippen LogP contribution in [0.2, 0.25) is 0 Å². The molecule has 1 saturated heterocycles. The summed E-state index contributed by atoms with van der Waals surface area (Å²) >= 11 is 0. The number of hydroxylamine groups is 2. The van der Waals surface area contributed by atoms with Gasteiger partial charge in [-0.3, -0.25) is 4.79 Å². The third kappa shape index (κ3) is 1.95. The van der Waals surface area contributed by atoms with Gasteiger partial charge >= 0.3 is 5.97 Å². The highest BCUT2D eigenvalue weighted by Crippen LogP contribution is 2.30. The summed E-state index contributed by atoms with van der Waals surface area (Å²) in [5.41, 5.74) is 0. The molecule has 68 valence electrons. The Hall–Kier alpha value is -0.610. The molecule has 1 saturated carbocycles. The van der Waals surface area contributed by atoms with Crippen LogP contribution >= 0.6 is 0 Å². The summed E-state index contributed by atoms with van der Waals surface area (Å²) in [5, 5.41) is 4.96. The van der Waals surface area contributed by atoms with Gasteiger partial charge in [0, 0.05) is 26.2 Å². The van der Waals surface area contributed by atoms with Crippen molar-refractivity contribution in [2.24, 2.45) is 5.92 Å². The van der Waals surface area contributed by atoms with E-state index in [1.807, 2.05) is 0 Å². The van der Waals surface area contributed by atoms with E-state index in [0.717, 1.165) is 39.0 Å². The largest absolute Gasteiger partial charge is 0.368 e. The van der Waals surface area contributed by atoms with E-state index >= 15 is 0 Å². The summed E-state index contributed by atoms with van der Waals surface area (Å²) in [6.07, 6.45) is 2.04. The van der Waals surface area contributed by atoms with E-state index in [1.54, 1.807) is 5.06 Å². The summed E-state index contributed by atoms with van der Waals surface area (Å²) in [4.78, 5) is 16.4. The van der Waals surface area contributed by atoms with Crippen LogP contribution in [0.15, 0.2) is 0 Å². The summed E-state index contributed by atoms with van der Waals surface area (Å²) < 4.78 is 0. The van der Waals surface area contributed by atoms with Gasteiger partial charge in [-0.2, -0.15) is 0 Å². The van der Waals surface area contributed by atoms with Crippen LogP contribution in [-0.2, 0) is 9.63 Å². The van der Waals surface area contributed by atoms with Crippen molar-refractivity contribution in [1.29, 1.82) is 0 Å². The van der Waals surface area contributed by atoms with Gasteiger partial charge in [-0.1, -0.05) is 0 Å². The van der Waals surface area contributed by atoms with E-state index in [1.165, 1.54) is 0 Å². The molecule has 0 unspecified atom stereocenters. The number of hydrogen-bond donors (Lipinski definition) is 1. The minimum absolute atomic E-state index is 0.0306. The molecule has 1 heterocycles. The second-order valence-electron chi connectivity index (χ2n) is 3.36. The minimum Gasteiger partial charge on any atom is -0.368 e. The normalized spacial score (nSPS) is 25.3. The number of piperazine rings is 1. The van der Waals surface area contributed by atoms with Crippen LogP contribution in [0.1, 0.15) is 12.8 Å². The van der Waals surface area contributed by atoms with Crippen LogP contribution in [0.3, 0.4) is 0 Å². The Kier molecular flexibility index (Phi) is 2.28. The molecule has 1 aliphatic carbocycles. The number of nitrogens with one attached hydrogen (secondary N) is 1. The zero-order valence-electron chi connectivity index (χ0n) is 7.08. The molecule has 2 fully saturated rings. The van der Waals surface area contributed by atoms with E-state index in [-0.39, 0.29) is 11.9 Å². The molecule has 4 heteroatoms. The molecule has 1 aliphatic heterocycles. The van der Waals surface area contributed by atoms with Gasteiger partial charge in [0.25, 0.3) is 0 Å². The van der Waals surface area contributed by atoms with Gasteiger partial charge in [-0.05, 0) is 12.8 Å². The van der Waals surface area contributed by atoms with E-state index < -0.39 is 0 Å². The molecule has 0 aromatic carbocycles. The highest BCUT2D eigenvalue weighted by Gasteiger charge is 2.33. The number of carbonyl (C=O) groups excluding carboxylic acids is 1. The van der Waals surface area contributed by atoms with Crippen LogP contribution in [0, 0.1) is 5.92 Å². The Morgan fingerprint density at radius 2 is 2.00 bits per heavy atom. The lowest BCUT2D eigenvalue weighted by molar-refractivity contribution is -0.194. The third-order valence-corrected chi connectivity index (χ3v) is 2.21. The van der Waals surface area contributed by atoms with E-state index in [4.69, 9.17) is 4.84 Å². The molecule has 4 nitrogen and oxygen atoms in total. The predicted molar refractivity (Wildman–Crippen MR) is 43.3 cm³/mol. The average molecular weight is 170 g/mol. The van der Waals surface area contributed by atoms with Gasteiger partial charge in [-0.15, -0.1) is 5.06 Å². The maximum atomic E-state index is 11.2. The Balaban J connectivity index is 1.73. The number of nitrogens with zero attached hydrogens (tertiary/aromatic N) is 1. The number of carbonyl (C=O) groups is 1. The fourth-order valence-electron chi connectivity index (χ4n) is 1.26. The van der Waals surface area contributed by atoms with E-state index in [9.17, 15) is 4.79 Å². The van der Waals surface area contributed by atoms with Crippen molar-refractivity contribution in [2.75, 3.05) is 26.2 Å². The Labute approximate surface area is 71.8 Å². The van der Waals surface area contributed by atoms with Crippen molar-refractivity contribution in [3.05, 3.63) is 0 Å². The quantitative estimate of drug-likeness (QED) is 0.621. The molecule has 12 heavy (non-hydrogen) atoms. The first-order valence-electron chi connectivity index (χ1n) is 4.54. The van der Waals surface area contributed by atoms with E-state index in [2.05, 4.69) is 5.32 Å². The smallest absolute Gasteiger partial charge is 0.328 e. The fourth-order valence-corrected chi connectivity index (χ4v) is 1.26. The summed E-state index contributed by atoms with van der Waals surface area (Å²) in [7, 11) is 0. The molecule has 0 aromatic heterocycles. The van der Waals surface area contributed by atoms with Crippen LogP contribution < -0.4 is 5.32 Å². The average Bonchev–Trinajstić information content (AvgIpc) is 2.88.